The molecule has 1 N–H and O–H groups in total. The Morgan fingerprint density at radius 3 is 2.60 bits per heavy atom. The SMILES string of the molecule is COc1ccc(OC)c(NCc2ncc(Br)cc2Br)c1. The van der Waals surface area contributed by atoms with E-state index in [4.69, 9.17) is 9.47 Å². The Morgan fingerprint density at radius 1 is 1.15 bits per heavy atom. The Labute approximate surface area is 134 Å². The Bertz CT molecular complexity index is 606. The van der Waals surface area contributed by atoms with E-state index in [0.717, 1.165) is 31.8 Å². The molecule has 0 saturated heterocycles. The third-order valence-corrected chi connectivity index (χ3v) is 3.86. The number of methoxy groups -OCH3 is 2. The van der Waals surface area contributed by atoms with Gasteiger partial charge < -0.3 is 14.8 Å². The zero-order valence-electron chi connectivity index (χ0n) is 11.1. The Morgan fingerprint density at radius 2 is 1.95 bits per heavy atom. The summed E-state index contributed by atoms with van der Waals surface area (Å²) in [5.74, 6) is 1.54. The van der Waals surface area contributed by atoms with Gasteiger partial charge in [-0.3, -0.25) is 4.98 Å². The van der Waals surface area contributed by atoms with Gasteiger partial charge in [-0.05, 0) is 50.1 Å². The van der Waals surface area contributed by atoms with Gasteiger partial charge in [0.15, 0.2) is 0 Å². The van der Waals surface area contributed by atoms with Crippen LogP contribution in [-0.2, 0) is 6.54 Å². The number of nitrogens with one attached hydrogen (secondary N) is 1. The van der Waals surface area contributed by atoms with Crippen LogP contribution in [0.15, 0.2) is 39.4 Å². The van der Waals surface area contributed by atoms with E-state index in [-0.39, 0.29) is 0 Å². The molecule has 0 fully saturated rings. The van der Waals surface area contributed by atoms with Crippen molar-refractivity contribution >= 4 is 37.5 Å². The average Bonchev–Trinajstić information content (AvgIpc) is 2.46. The third-order valence-electron chi connectivity index (χ3n) is 2.74. The number of nitrogens with zero attached hydrogens (tertiary/aromatic N) is 1. The molecule has 1 aromatic carbocycles. The predicted octanol–water partition coefficient (Wildman–Crippen LogP) is 4.24. The van der Waals surface area contributed by atoms with E-state index in [9.17, 15) is 0 Å². The lowest BCUT2D eigenvalue weighted by molar-refractivity contribution is 0.404. The molecule has 0 radical (unpaired) electrons. The molecule has 2 aromatic rings. The molecule has 0 atom stereocenters. The van der Waals surface area contributed by atoms with Gasteiger partial charge in [0.25, 0.3) is 0 Å². The summed E-state index contributed by atoms with van der Waals surface area (Å²) < 4.78 is 12.4. The summed E-state index contributed by atoms with van der Waals surface area (Å²) in [5.41, 5.74) is 1.78. The number of benzene rings is 1. The molecular formula is C14H14Br2N2O2. The standard InChI is InChI=1S/C14H14Br2N2O2/c1-19-10-3-4-14(20-2)12(6-10)18-8-13-11(16)5-9(15)7-17-13/h3-7,18H,8H2,1-2H3. The van der Waals surface area contributed by atoms with Crippen molar-refractivity contribution in [1.29, 1.82) is 0 Å². The second-order valence-corrected chi connectivity index (χ2v) is 5.77. The van der Waals surface area contributed by atoms with Gasteiger partial charge in [0, 0.05) is 21.2 Å². The molecule has 0 bridgehead atoms. The van der Waals surface area contributed by atoms with Gasteiger partial charge in [0.1, 0.15) is 11.5 Å². The number of halogens is 2. The molecule has 0 saturated carbocycles. The molecule has 0 aliphatic heterocycles. The first kappa shape index (κ1) is 15.1. The van der Waals surface area contributed by atoms with Gasteiger partial charge >= 0.3 is 0 Å². The van der Waals surface area contributed by atoms with Crippen molar-refractivity contribution in [2.24, 2.45) is 0 Å². The first-order valence-electron chi connectivity index (χ1n) is 5.90. The minimum absolute atomic E-state index is 0.581. The van der Waals surface area contributed by atoms with Crippen LogP contribution in [0.5, 0.6) is 11.5 Å². The van der Waals surface area contributed by atoms with Crippen LogP contribution in [0, 0.1) is 0 Å². The van der Waals surface area contributed by atoms with Crippen molar-refractivity contribution in [3.05, 3.63) is 45.1 Å². The van der Waals surface area contributed by atoms with Gasteiger partial charge in [0.2, 0.25) is 0 Å². The second kappa shape index (κ2) is 6.95. The zero-order chi connectivity index (χ0) is 14.5. The van der Waals surface area contributed by atoms with E-state index in [2.05, 4.69) is 42.2 Å². The Hall–Kier alpha value is -1.27. The van der Waals surface area contributed by atoms with Crippen molar-refractivity contribution in [2.75, 3.05) is 19.5 Å². The lowest BCUT2D eigenvalue weighted by Gasteiger charge is -2.13. The Balaban J connectivity index is 2.17. The molecule has 0 unspecified atom stereocenters. The highest BCUT2D eigenvalue weighted by atomic mass is 79.9. The number of ether oxygens (including phenoxy) is 2. The highest BCUT2D eigenvalue weighted by Gasteiger charge is 2.07. The van der Waals surface area contributed by atoms with Gasteiger partial charge in [0.05, 0.1) is 32.1 Å². The molecule has 0 aliphatic carbocycles. The molecule has 0 spiro atoms. The number of pyridine rings is 1. The average molecular weight is 402 g/mol. The highest BCUT2D eigenvalue weighted by Crippen LogP contribution is 2.29. The van der Waals surface area contributed by atoms with Crippen LogP contribution < -0.4 is 14.8 Å². The molecular weight excluding hydrogens is 388 g/mol. The van der Waals surface area contributed by atoms with Crippen molar-refractivity contribution in [2.45, 2.75) is 6.54 Å². The van der Waals surface area contributed by atoms with Gasteiger partial charge in [-0.1, -0.05) is 0 Å². The van der Waals surface area contributed by atoms with Crippen LogP contribution in [0.1, 0.15) is 5.69 Å². The van der Waals surface area contributed by atoms with Crippen LogP contribution in [0.4, 0.5) is 5.69 Å². The fraction of sp³-hybridized carbons (Fsp3) is 0.214. The van der Waals surface area contributed by atoms with Crippen molar-refractivity contribution in [3.8, 4) is 11.5 Å². The van der Waals surface area contributed by atoms with E-state index in [1.165, 1.54) is 0 Å². The smallest absolute Gasteiger partial charge is 0.142 e. The first-order chi connectivity index (χ1) is 9.63. The van der Waals surface area contributed by atoms with Crippen LogP contribution in [-0.4, -0.2) is 19.2 Å². The lowest BCUT2D eigenvalue weighted by Crippen LogP contribution is -2.04. The number of aromatic nitrogens is 1. The lowest BCUT2D eigenvalue weighted by atomic mass is 10.2. The van der Waals surface area contributed by atoms with Crippen LogP contribution in [0.3, 0.4) is 0 Å². The second-order valence-electron chi connectivity index (χ2n) is 4.00. The molecule has 4 nitrogen and oxygen atoms in total. The maximum Gasteiger partial charge on any atom is 0.142 e. The topological polar surface area (TPSA) is 43.4 Å². The van der Waals surface area contributed by atoms with E-state index in [1.54, 1.807) is 20.4 Å². The number of hydrogen-bond donors (Lipinski definition) is 1. The minimum atomic E-state index is 0.581. The van der Waals surface area contributed by atoms with Crippen molar-refractivity contribution < 1.29 is 9.47 Å². The van der Waals surface area contributed by atoms with E-state index in [1.807, 2.05) is 24.3 Å². The van der Waals surface area contributed by atoms with Crippen LogP contribution in [0.2, 0.25) is 0 Å². The molecule has 1 heterocycles. The molecule has 2 rings (SSSR count). The molecule has 0 amide bonds. The Kier molecular flexibility index (Phi) is 5.25. The fourth-order valence-electron chi connectivity index (χ4n) is 1.70. The first-order valence-corrected chi connectivity index (χ1v) is 7.48. The third kappa shape index (κ3) is 3.64. The van der Waals surface area contributed by atoms with Crippen molar-refractivity contribution in [3.63, 3.8) is 0 Å². The van der Waals surface area contributed by atoms with Gasteiger partial charge in [-0.2, -0.15) is 0 Å². The fourth-order valence-corrected chi connectivity index (χ4v) is 2.83. The summed E-state index contributed by atoms with van der Waals surface area (Å²) in [4.78, 5) is 4.36. The highest BCUT2D eigenvalue weighted by molar-refractivity contribution is 9.11. The summed E-state index contributed by atoms with van der Waals surface area (Å²) >= 11 is 6.88. The predicted molar refractivity (Wildman–Crippen MR) is 86.5 cm³/mol. The van der Waals surface area contributed by atoms with Crippen LogP contribution >= 0.6 is 31.9 Å². The summed E-state index contributed by atoms with van der Waals surface area (Å²) in [6.45, 7) is 0.581. The van der Waals surface area contributed by atoms with Crippen LogP contribution in [0.25, 0.3) is 0 Å². The molecule has 0 aliphatic rings. The molecule has 1 aromatic heterocycles. The van der Waals surface area contributed by atoms with Gasteiger partial charge in [-0.15, -0.1) is 0 Å². The number of rotatable bonds is 5. The quantitative estimate of drug-likeness (QED) is 0.813. The summed E-state index contributed by atoms with van der Waals surface area (Å²) in [6, 6.07) is 7.58. The maximum absolute atomic E-state index is 5.32. The number of hydrogen-bond acceptors (Lipinski definition) is 4. The summed E-state index contributed by atoms with van der Waals surface area (Å²) in [7, 11) is 3.28. The summed E-state index contributed by atoms with van der Waals surface area (Å²) in [6.07, 6.45) is 1.77. The van der Waals surface area contributed by atoms with E-state index < -0.39 is 0 Å². The monoisotopic (exact) mass is 400 g/mol. The maximum atomic E-state index is 5.32. The molecule has 20 heavy (non-hydrogen) atoms. The normalized spacial score (nSPS) is 10.2. The minimum Gasteiger partial charge on any atom is -0.497 e. The van der Waals surface area contributed by atoms with E-state index >= 15 is 0 Å². The largest absolute Gasteiger partial charge is 0.497 e. The molecule has 6 heteroatoms. The summed E-state index contributed by atoms with van der Waals surface area (Å²) in [5, 5.41) is 3.30. The van der Waals surface area contributed by atoms with Crippen molar-refractivity contribution in [1.82, 2.24) is 4.98 Å². The molecule has 106 valence electrons. The number of anilines is 1. The van der Waals surface area contributed by atoms with E-state index in [0.29, 0.717) is 6.54 Å². The zero-order valence-corrected chi connectivity index (χ0v) is 14.3. The van der Waals surface area contributed by atoms with Gasteiger partial charge in [-0.25, -0.2) is 0 Å².